The molecule has 0 aromatic heterocycles. The zero-order valence-electron chi connectivity index (χ0n) is 12.5. The first-order chi connectivity index (χ1) is 8.41. The predicted octanol–water partition coefficient (Wildman–Crippen LogP) is 1.08. The topological polar surface area (TPSA) is 44.4 Å². The fraction of sp³-hybridized carbons (Fsp3) is 0.929. The molecule has 1 aliphatic rings. The highest BCUT2D eigenvalue weighted by atomic mass is 16.2. The standard InChI is InChI=1S/C14H29N3O/c1-10(2)13(9-17(4)5)16-14(18)12-7-6-8-15-11(12)3/h10-13,15H,6-9H2,1-5H3,(H,16,18). The van der Waals surface area contributed by atoms with E-state index in [1.165, 1.54) is 0 Å². The van der Waals surface area contributed by atoms with E-state index in [1.54, 1.807) is 0 Å². The molecule has 1 fully saturated rings. The Morgan fingerprint density at radius 2 is 2.11 bits per heavy atom. The molecule has 1 heterocycles. The van der Waals surface area contributed by atoms with Crippen molar-refractivity contribution in [2.75, 3.05) is 27.2 Å². The Morgan fingerprint density at radius 1 is 1.44 bits per heavy atom. The van der Waals surface area contributed by atoms with Gasteiger partial charge in [-0.2, -0.15) is 0 Å². The molecule has 0 aromatic rings. The Hall–Kier alpha value is -0.610. The van der Waals surface area contributed by atoms with Crippen LogP contribution >= 0.6 is 0 Å². The van der Waals surface area contributed by atoms with Crippen LogP contribution in [0.25, 0.3) is 0 Å². The van der Waals surface area contributed by atoms with Crippen molar-refractivity contribution in [3.05, 3.63) is 0 Å². The van der Waals surface area contributed by atoms with Crippen LogP contribution in [0.15, 0.2) is 0 Å². The first-order valence-electron chi connectivity index (χ1n) is 7.10. The number of hydrogen-bond acceptors (Lipinski definition) is 3. The van der Waals surface area contributed by atoms with Gasteiger partial charge in [0.15, 0.2) is 0 Å². The Labute approximate surface area is 111 Å². The van der Waals surface area contributed by atoms with Crippen molar-refractivity contribution in [1.29, 1.82) is 0 Å². The summed E-state index contributed by atoms with van der Waals surface area (Å²) in [7, 11) is 4.10. The molecule has 2 N–H and O–H groups in total. The number of hydrogen-bond donors (Lipinski definition) is 2. The van der Waals surface area contributed by atoms with Crippen LogP contribution < -0.4 is 10.6 Å². The largest absolute Gasteiger partial charge is 0.352 e. The zero-order valence-corrected chi connectivity index (χ0v) is 12.5. The maximum atomic E-state index is 12.3. The van der Waals surface area contributed by atoms with Gasteiger partial charge in [0.25, 0.3) is 0 Å². The van der Waals surface area contributed by atoms with Crippen LogP contribution in [0, 0.1) is 11.8 Å². The van der Waals surface area contributed by atoms with Gasteiger partial charge in [0.05, 0.1) is 5.92 Å². The van der Waals surface area contributed by atoms with Gasteiger partial charge in [-0.3, -0.25) is 4.79 Å². The summed E-state index contributed by atoms with van der Waals surface area (Å²) in [6, 6.07) is 0.535. The second kappa shape index (κ2) is 7.10. The van der Waals surface area contributed by atoms with Gasteiger partial charge in [-0.15, -0.1) is 0 Å². The van der Waals surface area contributed by atoms with Crippen molar-refractivity contribution in [3.63, 3.8) is 0 Å². The number of carbonyl (C=O) groups excluding carboxylic acids is 1. The number of piperidine rings is 1. The summed E-state index contributed by atoms with van der Waals surface area (Å²) in [5, 5.41) is 6.61. The molecule has 4 heteroatoms. The average molecular weight is 255 g/mol. The highest BCUT2D eigenvalue weighted by molar-refractivity contribution is 5.79. The maximum absolute atomic E-state index is 12.3. The van der Waals surface area contributed by atoms with Crippen LogP contribution in [-0.2, 0) is 4.79 Å². The monoisotopic (exact) mass is 255 g/mol. The number of nitrogens with zero attached hydrogens (tertiary/aromatic N) is 1. The quantitative estimate of drug-likeness (QED) is 0.772. The molecule has 3 atom stereocenters. The van der Waals surface area contributed by atoms with E-state index in [1.807, 2.05) is 14.1 Å². The summed E-state index contributed by atoms with van der Waals surface area (Å²) in [5.74, 6) is 0.806. The number of rotatable bonds is 5. The first kappa shape index (κ1) is 15.4. The van der Waals surface area contributed by atoms with Gasteiger partial charge in [-0.1, -0.05) is 13.8 Å². The fourth-order valence-electron chi connectivity index (χ4n) is 2.51. The molecule has 0 spiro atoms. The molecule has 1 aliphatic heterocycles. The summed E-state index contributed by atoms with van der Waals surface area (Å²) >= 11 is 0. The van der Waals surface area contributed by atoms with Crippen molar-refractivity contribution in [3.8, 4) is 0 Å². The van der Waals surface area contributed by atoms with Crippen LogP contribution in [0.4, 0.5) is 0 Å². The third kappa shape index (κ3) is 4.58. The van der Waals surface area contributed by atoms with Crippen LogP contribution in [0.3, 0.4) is 0 Å². The van der Waals surface area contributed by atoms with Gasteiger partial charge in [-0.05, 0) is 46.3 Å². The fourth-order valence-corrected chi connectivity index (χ4v) is 2.51. The minimum absolute atomic E-state index is 0.127. The lowest BCUT2D eigenvalue weighted by Crippen LogP contribution is -2.52. The lowest BCUT2D eigenvalue weighted by atomic mass is 9.90. The third-order valence-corrected chi connectivity index (χ3v) is 3.79. The summed E-state index contributed by atoms with van der Waals surface area (Å²) in [6.45, 7) is 8.38. The molecule has 106 valence electrons. The SMILES string of the molecule is CC(C)C(CN(C)C)NC(=O)C1CCCNC1C. The Bertz CT molecular complexity index is 266. The molecule has 0 saturated carbocycles. The summed E-state index contributed by atoms with van der Waals surface area (Å²) < 4.78 is 0. The van der Waals surface area contributed by atoms with Crippen LogP contribution in [-0.4, -0.2) is 50.1 Å². The Balaban J connectivity index is 2.54. The van der Waals surface area contributed by atoms with Crippen LogP contribution in [0.2, 0.25) is 0 Å². The molecule has 3 unspecified atom stereocenters. The zero-order chi connectivity index (χ0) is 13.7. The molecule has 0 radical (unpaired) electrons. The second-order valence-electron chi connectivity index (χ2n) is 6.11. The smallest absolute Gasteiger partial charge is 0.224 e. The number of likely N-dealkylation sites (N-methyl/N-ethyl adjacent to an activating group) is 1. The molecule has 1 amide bonds. The van der Waals surface area contributed by atoms with Crippen molar-refractivity contribution >= 4 is 5.91 Å². The van der Waals surface area contributed by atoms with Crippen LogP contribution in [0.1, 0.15) is 33.6 Å². The lowest BCUT2D eigenvalue weighted by molar-refractivity contribution is -0.127. The summed E-state index contributed by atoms with van der Waals surface area (Å²) in [5.41, 5.74) is 0. The van der Waals surface area contributed by atoms with Crippen molar-refractivity contribution in [1.82, 2.24) is 15.5 Å². The normalized spacial score (nSPS) is 26.4. The Kier molecular flexibility index (Phi) is 6.09. The van der Waals surface area contributed by atoms with Gasteiger partial charge in [0, 0.05) is 18.6 Å². The van der Waals surface area contributed by atoms with E-state index < -0.39 is 0 Å². The van der Waals surface area contributed by atoms with Gasteiger partial charge in [0.1, 0.15) is 0 Å². The molecule has 18 heavy (non-hydrogen) atoms. The number of carbonyl (C=O) groups is 1. The molecule has 0 aromatic carbocycles. The van der Waals surface area contributed by atoms with Crippen molar-refractivity contribution in [2.45, 2.75) is 45.7 Å². The van der Waals surface area contributed by atoms with Crippen LogP contribution in [0.5, 0.6) is 0 Å². The molecule has 1 rings (SSSR count). The lowest BCUT2D eigenvalue weighted by Gasteiger charge is -2.32. The van der Waals surface area contributed by atoms with E-state index in [9.17, 15) is 4.79 Å². The van der Waals surface area contributed by atoms with E-state index in [2.05, 4.69) is 36.3 Å². The van der Waals surface area contributed by atoms with Gasteiger partial charge < -0.3 is 15.5 Å². The molecule has 0 bridgehead atoms. The molecular formula is C14H29N3O. The van der Waals surface area contributed by atoms with Gasteiger partial charge in [-0.25, -0.2) is 0 Å². The minimum Gasteiger partial charge on any atom is -0.352 e. The second-order valence-corrected chi connectivity index (χ2v) is 6.11. The highest BCUT2D eigenvalue weighted by Crippen LogP contribution is 2.17. The molecule has 0 aliphatic carbocycles. The minimum atomic E-state index is 0.127. The summed E-state index contributed by atoms with van der Waals surface area (Å²) in [4.78, 5) is 14.5. The number of nitrogens with one attached hydrogen (secondary N) is 2. The first-order valence-corrected chi connectivity index (χ1v) is 7.10. The highest BCUT2D eigenvalue weighted by Gasteiger charge is 2.29. The van der Waals surface area contributed by atoms with Crippen molar-refractivity contribution in [2.24, 2.45) is 11.8 Å². The van der Waals surface area contributed by atoms with Gasteiger partial charge in [0.2, 0.25) is 5.91 Å². The number of amides is 1. The third-order valence-electron chi connectivity index (χ3n) is 3.79. The van der Waals surface area contributed by atoms with E-state index in [0.717, 1.165) is 25.9 Å². The summed E-state index contributed by atoms with van der Waals surface area (Å²) in [6.07, 6.45) is 2.11. The average Bonchev–Trinajstić information content (AvgIpc) is 2.27. The van der Waals surface area contributed by atoms with E-state index in [0.29, 0.717) is 12.0 Å². The Morgan fingerprint density at radius 3 is 2.61 bits per heavy atom. The van der Waals surface area contributed by atoms with Gasteiger partial charge >= 0.3 is 0 Å². The molecular weight excluding hydrogens is 226 g/mol. The van der Waals surface area contributed by atoms with E-state index >= 15 is 0 Å². The predicted molar refractivity (Wildman–Crippen MR) is 75.5 cm³/mol. The molecule has 1 saturated heterocycles. The molecule has 4 nitrogen and oxygen atoms in total. The maximum Gasteiger partial charge on any atom is 0.224 e. The van der Waals surface area contributed by atoms with E-state index in [-0.39, 0.29) is 17.9 Å². The van der Waals surface area contributed by atoms with Crippen molar-refractivity contribution < 1.29 is 4.79 Å². The van der Waals surface area contributed by atoms with E-state index in [4.69, 9.17) is 0 Å².